The molecule has 1 atom stereocenters. The molecule has 5 heteroatoms. The fourth-order valence-electron chi connectivity index (χ4n) is 3.68. The van der Waals surface area contributed by atoms with Gasteiger partial charge >= 0.3 is 0 Å². The van der Waals surface area contributed by atoms with Gasteiger partial charge in [0.15, 0.2) is 0 Å². The van der Waals surface area contributed by atoms with E-state index < -0.39 is 0 Å². The lowest BCUT2D eigenvalue weighted by Crippen LogP contribution is -2.49. The molecule has 0 spiro atoms. The summed E-state index contributed by atoms with van der Waals surface area (Å²) in [4.78, 5) is 14.8. The number of rotatable bonds is 8. The molecule has 1 fully saturated rings. The van der Waals surface area contributed by atoms with Crippen LogP contribution in [0.2, 0.25) is 0 Å². The minimum absolute atomic E-state index is 0.0641. The lowest BCUT2D eigenvalue weighted by Gasteiger charge is -2.36. The molecule has 1 heterocycles. The molecule has 2 aromatic carbocycles. The first-order valence-corrected chi connectivity index (χ1v) is 10.1. The van der Waals surface area contributed by atoms with Crippen molar-refractivity contribution in [2.24, 2.45) is 0 Å². The zero-order valence-electron chi connectivity index (χ0n) is 16.9. The van der Waals surface area contributed by atoms with Gasteiger partial charge in [0.1, 0.15) is 0 Å². The predicted octanol–water partition coefficient (Wildman–Crippen LogP) is 2.66. The van der Waals surface area contributed by atoms with Gasteiger partial charge in [-0.2, -0.15) is 0 Å². The molecule has 0 radical (unpaired) electrons. The predicted molar refractivity (Wildman–Crippen MR) is 112 cm³/mol. The van der Waals surface area contributed by atoms with E-state index in [4.69, 9.17) is 4.74 Å². The highest BCUT2D eigenvalue weighted by molar-refractivity contribution is 5.78. The Morgan fingerprint density at radius 2 is 1.96 bits per heavy atom. The molecular formula is C23H31N3O2. The van der Waals surface area contributed by atoms with E-state index in [-0.39, 0.29) is 11.9 Å². The van der Waals surface area contributed by atoms with Crippen molar-refractivity contribution in [1.82, 2.24) is 15.5 Å². The molecule has 0 bridgehead atoms. The van der Waals surface area contributed by atoms with Gasteiger partial charge in [-0.25, -0.2) is 0 Å². The van der Waals surface area contributed by atoms with Crippen LogP contribution in [0, 0.1) is 0 Å². The van der Waals surface area contributed by atoms with Gasteiger partial charge in [-0.15, -0.1) is 0 Å². The Kier molecular flexibility index (Phi) is 7.60. The van der Waals surface area contributed by atoms with Crippen LogP contribution in [-0.2, 0) is 29.1 Å². The minimum atomic E-state index is 0.0641. The normalized spacial score (nSPS) is 17.4. The Labute approximate surface area is 168 Å². The molecule has 1 amide bonds. The van der Waals surface area contributed by atoms with E-state index in [1.165, 1.54) is 11.1 Å². The first-order chi connectivity index (χ1) is 13.7. The molecule has 1 unspecified atom stereocenters. The fraction of sp³-hybridized carbons (Fsp3) is 0.435. The number of nitrogens with one attached hydrogen (secondary N) is 2. The van der Waals surface area contributed by atoms with Crippen LogP contribution in [-0.4, -0.2) is 44.1 Å². The third-order valence-electron chi connectivity index (χ3n) is 5.27. The van der Waals surface area contributed by atoms with Crippen molar-refractivity contribution in [2.45, 2.75) is 32.5 Å². The van der Waals surface area contributed by atoms with Gasteiger partial charge in [0.05, 0.1) is 13.2 Å². The lowest BCUT2D eigenvalue weighted by molar-refractivity contribution is -0.123. The van der Waals surface area contributed by atoms with E-state index in [9.17, 15) is 4.79 Å². The maximum atomic E-state index is 12.6. The summed E-state index contributed by atoms with van der Waals surface area (Å²) in [6.07, 6.45) is 1.04. The first kappa shape index (κ1) is 20.5. The Hall–Kier alpha value is -2.21. The Morgan fingerprint density at radius 1 is 1.18 bits per heavy atom. The summed E-state index contributed by atoms with van der Waals surface area (Å²) in [6.45, 7) is 6.36. The van der Waals surface area contributed by atoms with E-state index >= 15 is 0 Å². The van der Waals surface area contributed by atoms with Crippen molar-refractivity contribution in [3.63, 3.8) is 0 Å². The van der Waals surface area contributed by atoms with Crippen LogP contribution in [0.15, 0.2) is 48.5 Å². The maximum absolute atomic E-state index is 12.6. The van der Waals surface area contributed by atoms with Gasteiger partial charge in [0.2, 0.25) is 5.91 Å². The van der Waals surface area contributed by atoms with Crippen molar-refractivity contribution in [2.75, 3.05) is 33.3 Å². The van der Waals surface area contributed by atoms with Gasteiger partial charge in [0.25, 0.3) is 0 Å². The van der Waals surface area contributed by atoms with Crippen LogP contribution in [0.5, 0.6) is 0 Å². The highest BCUT2D eigenvalue weighted by atomic mass is 16.5. The van der Waals surface area contributed by atoms with Crippen molar-refractivity contribution in [1.29, 1.82) is 0 Å². The van der Waals surface area contributed by atoms with Crippen LogP contribution in [0.3, 0.4) is 0 Å². The van der Waals surface area contributed by atoms with Crippen molar-refractivity contribution < 1.29 is 9.53 Å². The largest absolute Gasteiger partial charge is 0.380 e. The molecule has 0 saturated carbocycles. The standard InChI is InChI=1S/C23H31N3O2/c1-3-18-7-9-21(10-8-18)22-15-24-11-12-26(22)16-23(27)25-14-19-5-4-6-20(13-19)17-28-2/h4-10,13,22,24H,3,11-12,14-17H2,1-2H3,(H,25,27). The summed E-state index contributed by atoms with van der Waals surface area (Å²) in [6, 6.07) is 17.1. The summed E-state index contributed by atoms with van der Waals surface area (Å²) >= 11 is 0. The summed E-state index contributed by atoms with van der Waals surface area (Å²) in [5, 5.41) is 6.52. The van der Waals surface area contributed by atoms with Crippen LogP contribution >= 0.6 is 0 Å². The Balaban J connectivity index is 1.57. The number of aryl methyl sites for hydroxylation is 1. The number of carbonyl (C=O) groups is 1. The van der Waals surface area contributed by atoms with Crippen LogP contribution in [0.4, 0.5) is 0 Å². The van der Waals surface area contributed by atoms with E-state index in [1.54, 1.807) is 7.11 Å². The lowest BCUT2D eigenvalue weighted by atomic mass is 10.0. The molecule has 1 saturated heterocycles. The summed E-state index contributed by atoms with van der Waals surface area (Å²) in [7, 11) is 1.69. The molecule has 1 aliphatic heterocycles. The van der Waals surface area contributed by atoms with Gasteiger partial charge in [-0.3, -0.25) is 9.69 Å². The molecule has 28 heavy (non-hydrogen) atoms. The first-order valence-electron chi connectivity index (χ1n) is 10.1. The SMILES string of the molecule is CCc1ccc(C2CNCCN2CC(=O)NCc2cccc(COC)c2)cc1. The molecule has 1 aliphatic rings. The van der Waals surface area contributed by atoms with Crippen molar-refractivity contribution >= 4 is 5.91 Å². The van der Waals surface area contributed by atoms with Crippen LogP contribution in [0.1, 0.15) is 35.2 Å². The summed E-state index contributed by atoms with van der Waals surface area (Å²) in [5.74, 6) is 0.0641. The molecule has 0 aliphatic carbocycles. The highest BCUT2D eigenvalue weighted by Crippen LogP contribution is 2.22. The monoisotopic (exact) mass is 381 g/mol. The molecule has 5 nitrogen and oxygen atoms in total. The second-order valence-corrected chi connectivity index (χ2v) is 7.32. The zero-order chi connectivity index (χ0) is 19.8. The number of amides is 1. The number of methoxy groups -OCH3 is 1. The molecular weight excluding hydrogens is 350 g/mol. The van der Waals surface area contributed by atoms with Gasteiger partial charge in [-0.1, -0.05) is 55.5 Å². The van der Waals surface area contributed by atoms with E-state index in [1.807, 2.05) is 18.2 Å². The number of carbonyl (C=O) groups excluding carboxylic acids is 1. The Morgan fingerprint density at radius 3 is 2.71 bits per heavy atom. The number of nitrogens with zero attached hydrogens (tertiary/aromatic N) is 1. The number of piperazine rings is 1. The zero-order valence-corrected chi connectivity index (χ0v) is 16.9. The van der Waals surface area contributed by atoms with E-state index in [0.717, 1.165) is 37.2 Å². The van der Waals surface area contributed by atoms with Gasteiger partial charge < -0.3 is 15.4 Å². The minimum Gasteiger partial charge on any atom is -0.380 e. The highest BCUT2D eigenvalue weighted by Gasteiger charge is 2.25. The third kappa shape index (κ3) is 5.64. The second kappa shape index (κ2) is 10.4. The smallest absolute Gasteiger partial charge is 0.234 e. The molecule has 2 aromatic rings. The summed E-state index contributed by atoms with van der Waals surface area (Å²) < 4.78 is 5.18. The van der Waals surface area contributed by atoms with Gasteiger partial charge in [0, 0.05) is 39.3 Å². The number of ether oxygens (including phenoxy) is 1. The van der Waals surface area contributed by atoms with Crippen molar-refractivity contribution in [3.05, 3.63) is 70.8 Å². The molecule has 0 aromatic heterocycles. The van der Waals surface area contributed by atoms with Crippen LogP contribution < -0.4 is 10.6 Å². The topological polar surface area (TPSA) is 53.6 Å². The summed E-state index contributed by atoms with van der Waals surface area (Å²) in [5.41, 5.74) is 4.82. The fourth-order valence-corrected chi connectivity index (χ4v) is 3.68. The molecule has 2 N–H and O–H groups in total. The van der Waals surface area contributed by atoms with E-state index in [0.29, 0.717) is 19.7 Å². The maximum Gasteiger partial charge on any atom is 0.234 e. The quantitative estimate of drug-likeness (QED) is 0.738. The van der Waals surface area contributed by atoms with Crippen molar-refractivity contribution in [3.8, 4) is 0 Å². The number of hydrogen-bond acceptors (Lipinski definition) is 4. The van der Waals surface area contributed by atoms with E-state index in [2.05, 4.69) is 52.8 Å². The Bertz CT molecular complexity index is 761. The average Bonchev–Trinajstić information content (AvgIpc) is 2.73. The number of hydrogen-bond donors (Lipinski definition) is 2. The molecule has 150 valence electrons. The van der Waals surface area contributed by atoms with Gasteiger partial charge in [-0.05, 0) is 28.7 Å². The molecule has 3 rings (SSSR count). The van der Waals surface area contributed by atoms with Crippen LogP contribution in [0.25, 0.3) is 0 Å². The third-order valence-corrected chi connectivity index (χ3v) is 5.27. The average molecular weight is 382 g/mol. The number of benzene rings is 2. The second-order valence-electron chi connectivity index (χ2n) is 7.32.